The number of carbonyl (C=O) groups is 2. The molecule has 3 rings (SSSR count). The highest BCUT2D eigenvalue weighted by Crippen LogP contribution is 2.24. The monoisotopic (exact) mass is 352 g/mol. The molecule has 0 radical (unpaired) electrons. The van der Waals surface area contributed by atoms with Gasteiger partial charge in [0.15, 0.2) is 0 Å². The number of rotatable bonds is 5. The molecule has 0 aliphatic carbocycles. The summed E-state index contributed by atoms with van der Waals surface area (Å²) in [5, 5.41) is 13.6. The van der Waals surface area contributed by atoms with Gasteiger partial charge in [-0.1, -0.05) is 12.7 Å². The van der Waals surface area contributed by atoms with Crippen LogP contribution in [0.3, 0.4) is 0 Å². The molecule has 8 heteroatoms. The first-order chi connectivity index (χ1) is 12.5. The number of ether oxygens (including phenoxy) is 1. The van der Waals surface area contributed by atoms with Gasteiger partial charge in [-0.2, -0.15) is 0 Å². The Morgan fingerprint density at radius 2 is 1.88 bits per heavy atom. The van der Waals surface area contributed by atoms with Crippen molar-refractivity contribution in [2.75, 3.05) is 17.2 Å². The zero-order valence-corrected chi connectivity index (χ0v) is 13.7. The Morgan fingerprint density at radius 3 is 2.58 bits per heavy atom. The first-order valence-corrected chi connectivity index (χ1v) is 7.70. The summed E-state index contributed by atoms with van der Waals surface area (Å²) in [5.74, 6) is 0.633. The molecule has 1 aromatic heterocycles. The summed E-state index contributed by atoms with van der Waals surface area (Å²) in [6.45, 7) is 3.61. The molecule has 8 nitrogen and oxygen atoms in total. The van der Waals surface area contributed by atoms with E-state index < -0.39 is 12.2 Å². The van der Waals surface area contributed by atoms with Crippen molar-refractivity contribution in [1.82, 2.24) is 9.97 Å². The lowest BCUT2D eigenvalue weighted by Gasteiger charge is -2.04. The van der Waals surface area contributed by atoms with Crippen LogP contribution in [0.1, 0.15) is 0 Å². The zero-order chi connectivity index (χ0) is 18.5. The second-order valence-corrected chi connectivity index (χ2v) is 5.34. The van der Waals surface area contributed by atoms with E-state index in [1.54, 1.807) is 42.5 Å². The van der Waals surface area contributed by atoms with Crippen LogP contribution in [-0.2, 0) is 4.74 Å². The van der Waals surface area contributed by atoms with E-state index >= 15 is 0 Å². The minimum atomic E-state index is -1.12. The molecule has 0 atom stereocenters. The predicted octanol–water partition coefficient (Wildman–Crippen LogP) is 4.05. The van der Waals surface area contributed by atoms with Gasteiger partial charge in [-0.05, 0) is 42.5 Å². The fourth-order valence-corrected chi connectivity index (χ4v) is 2.35. The molecule has 26 heavy (non-hydrogen) atoms. The standard InChI is InChI=1S/C18H16N4O4/c1-2-9-26-18(25)20-13-7-8-14-15(10-13)22-16(21-14)11-3-5-12(6-4-11)19-17(23)24/h2-8,10,19H,1,9H2,(H,20,25)(H,21,22)(H,23,24). The van der Waals surface area contributed by atoms with Crippen molar-refractivity contribution >= 4 is 34.6 Å². The zero-order valence-electron chi connectivity index (χ0n) is 13.7. The van der Waals surface area contributed by atoms with E-state index in [1.807, 2.05) is 0 Å². The molecule has 3 aromatic rings. The second-order valence-electron chi connectivity index (χ2n) is 5.34. The van der Waals surface area contributed by atoms with E-state index in [4.69, 9.17) is 9.84 Å². The van der Waals surface area contributed by atoms with Crippen molar-refractivity contribution in [3.05, 3.63) is 55.1 Å². The maximum Gasteiger partial charge on any atom is 0.411 e. The minimum Gasteiger partial charge on any atom is -0.465 e. The topological polar surface area (TPSA) is 116 Å². The van der Waals surface area contributed by atoms with Crippen LogP contribution in [0.25, 0.3) is 22.4 Å². The van der Waals surface area contributed by atoms with Gasteiger partial charge in [0, 0.05) is 16.9 Å². The molecule has 0 fully saturated rings. The maximum absolute atomic E-state index is 11.6. The molecule has 0 aliphatic heterocycles. The number of carboxylic acid groups (broad SMARTS) is 1. The third-order valence-electron chi connectivity index (χ3n) is 3.47. The van der Waals surface area contributed by atoms with E-state index in [0.717, 1.165) is 16.6 Å². The van der Waals surface area contributed by atoms with E-state index in [9.17, 15) is 9.59 Å². The van der Waals surface area contributed by atoms with Crippen LogP contribution in [0.5, 0.6) is 0 Å². The number of nitrogens with one attached hydrogen (secondary N) is 3. The molecule has 0 aliphatic rings. The summed E-state index contributed by atoms with van der Waals surface area (Å²) < 4.78 is 4.88. The Kier molecular flexibility index (Phi) is 4.84. The lowest BCUT2D eigenvalue weighted by Crippen LogP contribution is -2.13. The fourth-order valence-electron chi connectivity index (χ4n) is 2.35. The van der Waals surface area contributed by atoms with Crippen molar-refractivity contribution in [1.29, 1.82) is 0 Å². The Hall–Kier alpha value is -3.81. The summed E-state index contributed by atoms with van der Waals surface area (Å²) in [6.07, 6.45) is -0.195. The number of imidazole rings is 1. The van der Waals surface area contributed by atoms with Crippen LogP contribution < -0.4 is 10.6 Å². The SMILES string of the molecule is C=CCOC(=O)Nc1ccc2nc(-c3ccc(NC(=O)O)cc3)[nH]c2c1. The highest BCUT2D eigenvalue weighted by Gasteiger charge is 2.08. The van der Waals surface area contributed by atoms with Crippen LogP contribution in [0.15, 0.2) is 55.1 Å². The number of fused-ring (bicyclic) bond motifs is 1. The summed E-state index contributed by atoms with van der Waals surface area (Å²) in [7, 11) is 0. The van der Waals surface area contributed by atoms with Gasteiger partial charge >= 0.3 is 12.2 Å². The number of anilines is 2. The van der Waals surface area contributed by atoms with Crippen molar-refractivity contribution in [3.63, 3.8) is 0 Å². The molecular weight excluding hydrogens is 336 g/mol. The largest absolute Gasteiger partial charge is 0.465 e. The molecule has 132 valence electrons. The normalized spacial score (nSPS) is 10.3. The minimum absolute atomic E-state index is 0.134. The van der Waals surface area contributed by atoms with Gasteiger partial charge in [0.2, 0.25) is 0 Å². The number of hydrogen-bond donors (Lipinski definition) is 4. The number of carbonyl (C=O) groups excluding carboxylic acids is 1. The number of benzene rings is 2. The van der Waals surface area contributed by atoms with Crippen LogP contribution in [0.2, 0.25) is 0 Å². The number of H-pyrrole nitrogens is 1. The third-order valence-corrected chi connectivity index (χ3v) is 3.47. The van der Waals surface area contributed by atoms with Crippen molar-refractivity contribution in [2.24, 2.45) is 0 Å². The lowest BCUT2D eigenvalue weighted by atomic mass is 10.2. The highest BCUT2D eigenvalue weighted by molar-refractivity contribution is 5.90. The highest BCUT2D eigenvalue weighted by atomic mass is 16.5. The van der Waals surface area contributed by atoms with Gasteiger partial charge in [0.1, 0.15) is 12.4 Å². The smallest absolute Gasteiger partial charge is 0.411 e. The van der Waals surface area contributed by atoms with Gasteiger partial charge in [0.05, 0.1) is 11.0 Å². The van der Waals surface area contributed by atoms with Gasteiger partial charge in [-0.25, -0.2) is 14.6 Å². The summed E-state index contributed by atoms with van der Waals surface area (Å²) in [4.78, 5) is 29.9. The fraction of sp³-hybridized carbons (Fsp3) is 0.0556. The molecule has 2 amide bonds. The number of aromatic amines is 1. The maximum atomic E-state index is 11.6. The van der Waals surface area contributed by atoms with E-state index in [1.165, 1.54) is 6.08 Å². The number of nitrogens with zero attached hydrogens (tertiary/aromatic N) is 1. The van der Waals surface area contributed by atoms with Crippen LogP contribution in [0, 0.1) is 0 Å². The molecular formula is C18H16N4O4. The molecule has 0 unspecified atom stereocenters. The van der Waals surface area contributed by atoms with E-state index in [0.29, 0.717) is 17.2 Å². The summed E-state index contributed by atoms with van der Waals surface area (Å²) in [5.41, 5.74) is 3.33. The Morgan fingerprint density at radius 1 is 1.15 bits per heavy atom. The van der Waals surface area contributed by atoms with Crippen LogP contribution >= 0.6 is 0 Å². The van der Waals surface area contributed by atoms with Crippen molar-refractivity contribution in [3.8, 4) is 11.4 Å². The average Bonchev–Trinajstić information content (AvgIpc) is 3.03. The predicted molar refractivity (Wildman–Crippen MR) is 98.3 cm³/mol. The molecule has 0 saturated heterocycles. The van der Waals surface area contributed by atoms with E-state index in [-0.39, 0.29) is 6.61 Å². The quantitative estimate of drug-likeness (QED) is 0.517. The third kappa shape index (κ3) is 3.99. The lowest BCUT2D eigenvalue weighted by molar-refractivity contribution is 0.174. The van der Waals surface area contributed by atoms with Gasteiger partial charge < -0.3 is 14.8 Å². The number of amides is 2. The summed E-state index contributed by atoms with van der Waals surface area (Å²) >= 11 is 0. The second kappa shape index (κ2) is 7.39. The molecule has 4 N–H and O–H groups in total. The Labute approximate surface area is 148 Å². The Balaban J connectivity index is 1.79. The number of hydrogen-bond acceptors (Lipinski definition) is 4. The molecule has 2 aromatic carbocycles. The van der Waals surface area contributed by atoms with Crippen molar-refractivity contribution < 1.29 is 19.4 Å². The molecule has 1 heterocycles. The Bertz CT molecular complexity index is 963. The molecule has 0 saturated carbocycles. The van der Waals surface area contributed by atoms with Gasteiger partial charge in [-0.15, -0.1) is 0 Å². The summed E-state index contributed by atoms with van der Waals surface area (Å²) in [6, 6.07) is 12.1. The van der Waals surface area contributed by atoms with Crippen molar-refractivity contribution in [2.45, 2.75) is 0 Å². The van der Waals surface area contributed by atoms with Crippen LogP contribution in [-0.4, -0.2) is 33.9 Å². The average molecular weight is 352 g/mol. The first kappa shape index (κ1) is 17.0. The first-order valence-electron chi connectivity index (χ1n) is 7.70. The van der Waals surface area contributed by atoms with E-state index in [2.05, 4.69) is 27.2 Å². The number of aromatic nitrogens is 2. The molecule has 0 spiro atoms. The van der Waals surface area contributed by atoms with Gasteiger partial charge in [-0.3, -0.25) is 10.6 Å². The van der Waals surface area contributed by atoms with Gasteiger partial charge in [0.25, 0.3) is 0 Å². The molecule has 0 bridgehead atoms. The van der Waals surface area contributed by atoms with Crippen LogP contribution in [0.4, 0.5) is 21.0 Å².